The Morgan fingerprint density at radius 3 is 2.57 bits per heavy atom. The van der Waals surface area contributed by atoms with E-state index in [9.17, 15) is 4.79 Å². The molecule has 1 aliphatic heterocycles. The molecule has 0 unspecified atom stereocenters. The number of nitrogens with zero attached hydrogens (tertiary/aromatic N) is 5. The zero-order chi connectivity index (χ0) is 20.5. The Morgan fingerprint density at radius 1 is 1.25 bits per heavy atom. The van der Waals surface area contributed by atoms with E-state index in [1.165, 1.54) is 0 Å². The molecule has 1 aliphatic rings. The van der Waals surface area contributed by atoms with Crippen LogP contribution >= 0.6 is 0 Å². The Morgan fingerprint density at radius 2 is 1.93 bits per heavy atom. The molecular weight excluding hydrogens is 352 g/mol. The Balaban J connectivity index is 1.66. The molecule has 7 nitrogen and oxygen atoms in total. The van der Waals surface area contributed by atoms with Crippen LogP contribution in [0.4, 0.5) is 0 Å². The smallest absolute Gasteiger partial charge is 0.253 e. The summed E-state index contributed by atoms with van der Waals surface area (Å²) in [6.07, 6.45) is 2.71. The summed E-state index contributed by atoms with van der Waals surface area (Å²) < 4.78 is 1.89. The molecule has 154 valence electrons. The molecule has 0 atom stereocenters. The highest BCUT2D eigenvalue weighted by molar-refractivity contribution is 5.98. The highest BCUT2D eigenvalue weighted by atomic mass is 16.1. The summed E-state index contributed by atoms with van der Waals surface area (Å²) in [5, 5.41) is 8.53. The molecule has 3 heterocycles. The van der Waals surface area contributed by atoms with Crippen LogP contribution in [-0.4, -0.2) is 75.8 Å². The number of fused-ring (bicyclic) bond motifs is 1. The standard InChI is InChI=1S/C21H34N6O/c1-15(2)27-19-17(14-22-27)13-18(16(3)23-19)20(28)24-21(4,5)7-8-26-11-9-25(6)10-12-26/h13-15H,7-12H2,1-6H3,(H,24,28). The quantitative estimate of drug-likeness (QED) is 0.826. The van der Waals surface area contributed by atoms with Crippen LogP contribution in [0.5, 0.6) is 0 Å². The van der Waals surface area contributed by atoms with Crippen LogP contribution in [0.25, 0.3) is 11.0 Å². The monoisotopic (exact) mass is 386 g/mol. The summed E-state index contributed by atoms with van der Waals surface area (Å²) in [4.78, 5) is 22.5. The maximum absolute atomic E-state index is 13.0. The summed E-state index contributed by atoms with van der Waals surface area (Å²) in [5.74, 6) is -0.0624. The lowest BCUT2D eigenvalue weighted by molar-refractivity contribution is 0.0892. The minimum absolute atomic E-state index is 0.0624. The number of rotatable bonds is 6. The average Bonchev–Trinajstić information content (AvgIpc) is 3.03. The molecule has 2 aromatic heterocycles. The van der Waals surface area contributed by atoms with Crippen LogP contribution in [0.15, 0.2) is 12.3 Å². The molecule has 1 amide bonds. The van der Waals surface area contributed by atoms with Crippen LogP contribution in [0.2, 0.25) is 0 Å². The number of piperazine rings is 1. The zero-order valence-electron chi connectivity index (χ0n) is 18.1. The molecule has 0 aliphatic carbocycles. The number of nitrogens with one attached hydrogen (secondary N) is 1. The number of carbonyl (C=O) groups is 1. The predicted molar refractivity (Wildman–Crippen MR) is 113 cm³/mol. The van der Waals surface area contributed by atoms with E-state index in [-0.39, 0.29) is 17.5 Å². The molecule has 7 heteroatoms. The number of likely N-dealkylation sites (N-methyl/N-ethyl adjacent to an activating group) is 1. The summed E-state index contributed by atoms with van der Waals surface area (Å²) in [5.41, 5.74) is 1.92. The third kappa shape index (κ3) is 4.70. The molecular formula is C21H34N6O. The fourth-order valence-electron chi connectivity index (χ4n) is 3.62. The van der Waals surface area contributed by atoms with Crippen LogP contribution in [0, 0.1) is 6.92 Å². The molecule has 28 heavy (non-hydrogen) atoms. The van der Waals surface area contributed by atoms with E-state index in [4.69, 9.17) is 0 Å². The van der Waals surface area contributed by atoms with Gasteiger partial charge in [0, 0.05) is 49.7 Å². The number of pyridine rings is 1. The van der Waals surface area contributed by atoms with Crippen molar-refractivity contribution in [3.63, 3.8) is 0 Å². The molecule has 1 saturated heterocycles. The summed E-state index contributed by atoms with van der Waals surface area (Å²) >= 11 is 0. The van der Waals surface area contributed by atoms with Crippen molar-refractivity contribution in [1.29, 1.82) is 0 Å². The van der Waals surface area contributed by atoms with E-state index in [1.807, 2.05) is 17.7 Å². The summed E-state index contributed by atoms with van der Waals surface area (Å²) in [6.45, 7) is 15.7. The highest BCUT2D eigenvalue weighted by Gasteiger charge is 2.25. The first-order valence-electron chi connectivity index (χ1n) is 10.2. The molecule has 0 spiro atoms. The van der Waals surface area contributed by atoms with Crippen LogP contribution in [0.1, 0.15) is 56.2 Å². The van der Waals surface area contributed by atoms with Gasteiger partial charge in [0.15, 0.2) is 5.65 Å². The van der Waals surface area contributed by atoms with E-state index in [2.05, 4.69) is 59.9 Å². The molecule has 0 radical (unpaired) electrons. The molecule has 2 aromatic rings. The Kier molecular flexibility index (Phi) is 6.05. The van der Waals surface area contributed by atoms with Gasteiger partial charge in [-0.15, -0.1) is 0 Å². The highest BCUT2D eigenvalue weighted by Crippen LogP contribution is 2.20. The fourth-order valence-corrected chi connectivity index (χ4v) is 3.62. The SMILES string of the molecule is Cc1nc2c(cnn2C(C)C)cc1C(=O)NC(C)(C)CCN1CCN(C)CC1. The van der Waals surface area contributed by atoms with E-state index in [0.29, 0.717) is 5.56 Å². The predicted octanol–water partition coefficient (Wildman–Crippen LogP) is 2.47. The van der Waals surface area contributed by atoms with E-state index in [1.54, 1.807) is 6.20 Å². The summed E-state index contributed by atoms with van der Waals surface area (Å²) in [7, 11) is 2.17. The first kappa shape index (κ1) is 20.7. The summed E-state index contributed by atoms with van der Waals surface area (Å²) in [6, 6.07) is 2.15. The lowest BCUT2D eigenvalue weighted by atomic mass is 9.99. The number of hydrogen-bond donors (Lipinski definition) is 1. The van der Waals surface area contributed by atoms with Crippen LogP contribution < -0.4 is 5.32 Å². The number of hydrogen-bond acceptors (Lipinski definition) is 5. The van der Waals surface area contributed by atoms with Gasteiger partial charge in [0.2, 0.25) is 0 Å². The van der Waals surface area contributed by atoms with Gasteiger partial charge >= 0.3 is 0 Å². The van der Waals surface area contributed by atoms with Crippen molar-refractivity contribution in [3.8, 4) is 0 Å². The third-order valence-corrected chi connectivity index (χ3v) is 5.59. The molecule has 1 N–H and O–H groups in total. The maximum atomic E-state index is 13.0. The van der Waals surface area contributed by atoms with Gasteiger partial charge in [-0.25, -0.2) is 9.67 Å². The van der Waals surface area contributed by atoms with Crippen molar-refractivity contribution in [2.45, 2.75) is 52.6 Å². The van der Waals surface area contributed by atoms with E-state index in [0.717, 1.165) is 55.9 Å². The number of amides is 1. The normalized spacial score (nSPS) is 16.8. The van der Waals surface area contributed by atoms with Crippen molar-refractivity contribution in [2.75, 3.05) is 39.8 Å². The van der Waals surface area contributed by atoms with Gasteiger partial charge in [-0.2, -0.15) is 5.10 Å². The molecule has 1 fully saturated rings. The van der Waals surface area contributed by atoms with Gasteiger partial charge in [-0.3, -0.25) is 4.79 Å². The van der Waals surface area contributed by atoms with Crippen LogP contribution in [-0.2, 0) is 0 Å². The van der Waals surface area contributed by atoms with Gasteiger partial charge < -0.3 is 15.1 Å². The Hall–Kier alpha value is -1.99. The van der Waals surface area contributed by atoms with Gasteiger partial charge in [-0.1, -0.05) is 0 Å². The molecule has 0 bridgehead atoms. The van der Waals surface area contributed by atoms with Gasteiger partial charge in [0.25, 0.3) is 5.91 Å². The van der Waals surface area contributed by atoms with E-state index < -0.39 is 0 Å². The average molecular weight is 387 g/mol. The maximum Gasteiger partial charge on any atom is 0.253 e. The van der Waals surface area contributed by atoms with Gasteiger partial charge in [0.1, 0.15) is 0 Å². The lowest BCUT2D eigenvalue weighted by Gasteiger charge is -2.35. The fraction of sp³-hybridized carbons (Fsp3) is 0.667. The van der Waals surface area contributed by atoms with E-state index >= 15 is 0 Å². The minimum atomic E-state index is -0.274. The topological polar surface area (TPSA) is 66.3 Å². The third-order valence-electron chi connectivity index (χ3n) is 5.59. The first-order valence-corrected chi connectivity index (χ1v) is 10.2. The zero-order valence-corrected chi connectivity index (χ0v) is 18.1. The largest absolute Gasteiger partial charge is 0.347 e. The number of aryl methyl sites for hydroxylation is 1. The second kappa shape index (κ2) is 8.17. The molecule has 3 rings (SSSR count). The van der Waals surface area contributed by atoms with Crippen molar-refractivity contribution < 1.29 is 4.79 Å². The van der Waals surface area contributed by atoms with Crippen molar-refractivity contribution in [2.24, 2.45) is 0 Å². The Bertz CT molecular complexity index is 833. The minimum Gasteiger partial charge on any atom is -0.347 e. The number of aromatic nitrogens is 3. The van der Waals surface area contributed by atoms with Crippen molar-refractivity contribution in [3.05, 3.63) is 23.5 Å². The first-order chi connectivity index (χ1) is 13.2. The van der Waals surface area contributed by atoms with Crippen LogP contribution in [0.3, 0.4) is 0 Å². The second-order valence-electron chi connectivity index (χ2n) is 8.95. The number of carbonyl (C=O) groups excluding carboxylic acids is 1. The lowest BCUT2D eigenvalue weighted by Crippen LogP contribution is -2.49. The Labute approximate surface area is 168 Å². The van der Waals surface area contributed by atoms with Gasteiger partial charge in [0.05, 0.1) is 17.5 Å². The van der Waals surface area contributed by atoms with Crippen molar-refractivity contribution >= 4 is 16.9 Å². The van der Waals surface area contributed by atoms with Gasteiger partial charge in [-0.05, 0) is 54.2 Å². The van der Waals surface area contributed by atoms with Crippen molar-refractivity contribution in [1.82, 2.24) is 29.9 Å². The molecule has 0 saturated carbocycles. The molecule has 0 aromatic carbocycles. The second-order valence-corrected chi connectivity index (χ2v) is 8.95.